The van der Waals surface area contributed by atoms with Crippen molar-refractivity contribution in [1.82, 2.24) is 4.90 Å². The first-order chi connectivity index (χ1) is 9.19. The molecule has 0 spiro atoms. The van der Waals surface area contributed by atoms with E-state index in [-0.39, 0.29) is 18.1 Å². The highest BCUT2D eigenvalue weighted by Crippen LogP contribution is 2.26. The number of morpholine rings is 1. The second kappa shape index (κ2) is 7.22. The molecule has 1 heterocycles. The Bertz CT molecular complexity index is 289. The van der Waals surface area contributed by atoms with E-state index in [9.17, 15) is 4.79 Å². The standard InChI is InChI=1S/C14H25NO4/c1-2-15-7-8-18-13(9-15)10-19-12-5-3-11(4-6-12)14(16)17/h11-13H,2-10H2,1H3,(H,16,17). The van der Waals surface area contributed by atoms with Gasteiger partial charge >= 0.3 is 5.97 Å². The second-order valence-corrected chi connectivity index (χ2v) is 5.53. The minimum absolute atomic E-state index is 0.165. The number of hydrogen-bond acceptors (Lipinski definition) is 4. The second-order valence-electron chi connectivity index (χ2n) is 5.53. The molecule has 2 aliphatic rings. The summed E-state index contributed by atoms with van der Waals surface area (Å²) in [5.41, 5.74) is 0. The van der Waals surface area contributed by atoms with E-state index in [1.54, 1.807) is 0 Å². The van der Waals surface area contributed by atoms with Crippen molar-refractivity contribution in [2.75, 3.05) is 32.8 Å². The molecule has 1 saturated heterocycles. The number of aliphatic carboxylic acids is 1. The van der Waals surface area contributed by atoms with Crippen LogP contribution in [-0.4, -0.2) is 61.0 Å². The summed E-state index contributed by atoms with van der Waals surface area (Å²) < 4.78 is 11.6. The first kappa shape index (κ1) is 14.8. The first-order valence-electron chi connectivity index (χ1n) is 7.37. The molecule has 19 heavy (non-hydrogen) atoms. The van der Waals surface area contributed by atoms with E-state index in [0.29, 0.717) is 6.61 Å². The number of ether oxygens (including phenoxy) is 2. The Kier molecular flexibility index (Phi) is 5.60. The maximum absolute atomic E-state index is 10.9. The molecule has 110 valence electrons. The summed E-state index contributed by atoms with van der Waals surface area (Å²) in [6, 6.07) is 0. The largest absolute Gasteiger partial charge is 0.481 e. The van der Waals surface area contributed by atoms with Gasteiger partial charge in [-0.15, -0.1) is 0 Å². The number of hydrogen-bond donors (Lipinski definition) is 1. The van der Waals surface area contributed by atoms with Crippen LogP contribution in [0.15, 0.2) is 0 Å². The van der Waals surface area contributed by atoms with Crippen LogP contribution in [-0.2, 0) is 14.3 Å². The summed E-state index contributed by atoms with van der Waals surface area (Å²) in [5, 5.41) is 8.95. The topological polar surface area (TPSA) is 59.0 Å². The van der Waals surface area contributed by atoms with E-state index >= 15 is 0 Å². The molecule has 0 bridgehead atoms. The van der Waals surface area contributed by atoms with Gasteiger partial charge in [0.2, 0.25) is 0 Å². The predicted octanol–water partition coefficient (Wildman–Crippen LogP) is 1.37. The molecular formula is C14H25NO4. The lowest BCUT2D eigenvalue weighted by atomic mass is 9.87. The van der Waals surface area contributed by atoms with Gasteiger partial charge in [0, 0.05) is 13.1 Å². The summed E-state index contributed by atoms with van der Waals surface area (Å²) in [6.45, 7) is 6.60. The van der Waals surface area contributed by atoms with Gasteiger partial charge in [-0.1, -0.05) is 6.92 Å². The summed E-state index contributed by atoms with van der Waals surface area (Å²) in [6.07, 6.45) is 3.60. The quantitative estimate of drug-likeness (QED) is 0.818. The molecule has 2 rings (SSSR count). The molecule has 0 aromatic heterocycles. The van der Waals surface area contributed by atoms with Crippen molar-refractivity contribution in [3.8, 4) is 0 Å². The van der Waals surface area contributed by atoms with Gasteiger partial charge in [0.05, 0.1) is 31.3 Å². The maximum atomic E-state index is 10.9. The van der Waals surface area contributed by atoms with Crippen LogP contribution >= 0.6 is 0 Å². The molecule has 0 aromatic rings. The summed E-state index contributed by atoms with van der Waals surface area (Å²) in [4.78, 5) is 13.2. The Hall–Kier alpha value is -0.650. The highest BCUT2D eigenvalue weighted by atomic mass is 16.5. The van der Waals surface area contributed by atoms with E-state index in [1.165, 1.54) is 0 Å². The van der Waals surface area contributed by atoms with Crippen LogP contribution in [0, 0.1) is 5.92 Å². The van der Waals surface area contributed by atoms with E-state index in [4.69, 9.17) is 14.6 Å². The van der Waals surface area contributed by atoms with E-state index in [2.05, 4.69) is 11.8 Å². The van der Waals surface area contributed by atoms with Crippen molar-refractivity contribution >= 4 is 5.97 Å². The normalized spacial score (nSPS) is 33.2. The number of nitrogens with zero attached hydrogens (tertiary/aromatic N) is 1. The molecule has 0 radical (unpaired) electrons. The zero-order valence-corrected chi connectivity index (χ0v) is 11.7. The maximum Gasteiger partial charge on any atom is 0.306 e. The molecule has 5 nitrogen and oxygen atoms in total. The summed E-state index contributed by atoms with van der Waals surface area (Å²) >= 11 is 0. The third kappa shape index (κ3) is 4.44. The summed E-state index contributed by atoms with van der Waals surface area (Å²) in [7, 11) is 0. The van der Waals surface area contributed by atoms with Gasteiger partial charge < -0.3 is 14.6 Å². The van der Waals surface area contributed by atoms with Crippen molar-refractivity contribution in [3.05, 3.63) is 0 Å². The zero-order chi connectivity index (χ0) is 13.7. The number of carbonyl (C=O) groups is 1. The highest BCUT2D eigenvalue weighted by Gasteiger charge is 2.27. The van der Waals surface area contributed by atoms with Crippen molar-refractivity contribution in [3.63, 3.8) is 0 Å². The van der Waals surface area contributed by atoms with Crippen molar-refractivity contribution in [2.45, 2.75) is 44.8 Å². The van der Waals surface area contributed by atoms with E-state index < -0.39 is 5.97 Å². The molecule has 0 amide bonds. The van der Waals surface area contributed by atoms with Crippen LogP contribution in [0.4, 0.5) is 0 Å². The Labute approximate surface area is 114 Å². The lowest BCUT2D eigenvalue weighted by molar-refractivity contribution is -0.144. The van der Waals surface area contributed by atoms with E-state index in [0.717, 1.165) is 51.9 Å². The van der Waals surface area contributed by atoms with Gasteiger partial charge in [-0.2, -0.15) is 0 Å². The minimum Gasteiger partial charge on any atom is -0.481 e. The number of carboxylic acids is 1. The average molecular weight is 271 g/mol. The van der Waals surface area contributed by atoms with Gasteiger partial charge in [0.25, 0.3) is 0 Å². The third-order valence-corrected chi connectivity index (χ3v) is 4.21. The fraction of sp³-hybridized carbons (Fsp3) is 0.929. The summed E-state index contributed by atoms with van der Waals surface area (Å²) in [5.74, 6) is -0.825. The fourth-order valence-electron chi connectivity index (χ4n) is 2.89. The molecule has 1 aliphatic heterocycles. The van der Waals surface area contributed by atoms with Crippen LogP contribution in [0.3, 0.4) is 0 Å². The number of carboxylic acid groups (broad SMARTS) is 1. The molecule has 0 aromatic carbocycles. The monoisotopic (exact) mass is 271 g/mol. The molecule has 1 aliphatic carbocycles. The van der Waals surface area contributed by atoms with Gasteiger partial charge in [0.1, 0.15) is 0 Å². The van der Waals surface area contributed by atoms with Crippen molar-refractivity contribution in [1.29, 1.82) is 0 Å². The lowest BCUT2D eigenvalue weighted by Crippen LogP contribution is -2.44. The van der Waals surface area contributed by atoms with Crippen LogP contribution in [0.25, 0.3) is 0 Å². The van der Waals surface area contributed by atoms with Crippen molar-refractivity contribution < 1.29 is 19.4 Å². The van der Waals surface area contributed by atoms with Crippen LogP contribution in [0.2, 0.25) is 0 Å². The Morgan fingerprint density at radius 2 is 2.11 bits per heavy atom. The average Bonchev–Trinajstić information content (AvgIpc) is 2.46. The molecule has 2 fully saturated rings. The Morgan fingerprint density at radius 3 is 2.74 bits per heavy atom. The molecule has 5 heteroatoms. The smallest absolute Gasteiger partial charge is 0.306 e. The molecule has 1 saturated carbocycles. The number of likely N-dealkylation sites (N-methyl/N-ethyl adjacent to an activating group) is 1. The molecule has 1 unspecified atom stereocenters. The fourth-order valence-corrected chi connectivity index (χ4v) is 2.89. The van der Waals surface area contributed by atoms with Crippen LogP contribution in [0.5, 0.6) is 0 Å². The highest BCUT2D eigenvalue weighted by molar-refractivity contribution is 5.70. The molecule has 1 N–H and O–H groups in total. The molecular weight excluding hydrogens is 246 g/mol. The van der Waals surface area contributed by atoms with Gasteiger partial charge in [-0.25, -0.2) is 0 Å². The Morgan fingerprint density at radius 1 is 1.37 bits per heavy atom. The van der Waals surface area contributed by atoms with Gasteiger partial charge in [0.15, 0.2) is 0 Å². The zero-order valence-electron chi connectivity index (χ0n) is 11.7. The first-order valence-corrected chi connectivity index (χ1v) is 7.37. The van der Waals surface area contributed by atoms with Crippen LogP contribution in [0.1, 0.15) is 32.6 Å². The third-order valence-electron chi connectivity index (χ3n) is 4.21. The van der Waals surface area contributed by atoms with Gasteiger partial charge in [-0.05, 0) is 32.2 Å². The van der Waals surface area contributed by atoms with Gasteiger partial charge in [-0.3, -0.25) is 9.69 Å². The van der Waals surface area contributed by atoms with Crippen molar-refractivity contribution in [2.24, 2.45) is 5.92 Å². The predicted molar refractivity (Wildman–Crippen MR) is 71.2 cm³/mol. The number of rotatable bonds is 5. The molecule has 1 atom stereocenters. The minimum atomic E-state index is -0.660. The Balaban J connectivity index is 1.65. The van der Waals surface area contributed by atoms with Crippen LogP contribution < -0.4 is 0 Å². The van der Waals surface area contributed by atoms with E-state index in [1.807, 2.05) is 0 Å². The lowest BCUT2D eigenvalue weighted by Gasteiger charge is -2.33. The SMILES string of the molecule is CCN1CCOC(COC2CCC(C(=O)O)CC2)C1.